The fourth-order valence-corrected chi connectivity index (χ4v) is 10.1. The van der Waals surface area contributed by atoms with E-state index in [1.54, 1.807) is 0 Å². The highest BCUT2D eigenvalue weighted by atomic mass is 15.0. The molecular formula is C60H38N6. The quantitative estimate of drug-likeness (QED) is 0.159. The van der Waals surface area contributed by atoms with Crippen LogP contribution in [0.2, 0.25) is 0 Å². The molecule has 2 unspecified atom stereocenters. The first kappa shape index (κ1) is 37.8. The van der Waals surface area contributed by atoms with Gasteiger partial charge in [0.15, 0.2) is 34.9 Å². The zero-order valence-corrected chi connectivity index (χ0v) is 35.6. The third-order valence-corrected chi connectivity index (χ3v) is 13.1. The van der Waals surface area contributed by atoms with E-state index in [0.717, 1.165) is 38.9 Å². The Bertz CT molecular complexity index is 3600. The van der Waals surface area contributed by atoms with Crippen molar-refractivity contribution < 1.29 is 0 Å². The van der Waals surface area contributed by atoms with Gasteiger partial charge in [-0.05, 0) is 73.5 Å². The van der Waals surface area contributed by atoms with Crippen LogP contribution in [0.25, 0.3) is 90.2 Å². The molecule has 2 bridgehead atoms. The van der Waals surface area contributed by atoms with E-state index in [1.807, 2.05) is 78.9 Å². The summed E-state index contributed by atoms with van der Waals surface area (Å²) < 4.78 is 0. The molecule has 0 N–H and O–H groups in total. The smallest absolute Gasteiger partial charge is 0.164 e. The molecule has 0 saturated carbocycles. The fourth-order valence-electron chi connectivity index (χ4n) is 10.1. The molecule has 3 aliphatic carbocycles. The second-order valence-electron chi connectivity index (χ2n) is 17.0. The largest absolute Gasteiger partial charge is 0.208 e. The molecule has 0 fully saturated rings. The number of hydrogen-bond acceptors (Lipinski definition) is 6. The Morgan fingerprint density at radius 3 is 1.08 bits per heavy atom. The summed E-state index contributed by atoms with van der Waals surface area (Å²) in [4.78, 5) is 30.7. The topological polar surface area (TPSA) is 77.3 Å². The molecule has 308 valence electrons. The van der Waals surface area contributed by atoms with Crippen molar-refractivity contribution in [1.82, 2.24) is 29.9 Å². The zero-order chi connectivity index (χ0) is 43.6. The Morgan fingerprint density at radius 2 is 0.576 bits per heavy atom. The molecule has 66 heavy (non-hydrogen) atoms. The summed E-state index contributed by atoms with van der Waals surface area (Å²) in [7, 11) is 0. The van der Waals surface area contributed by atoms with Gasteiger partial charge in [0.1, 0.15) is 0 Å². The van der Waals surface area contributed by atoms with Gasteiger partial charge in [-0.2, -0.15) is 0 Å². The number of nitrogens with zero attached hydrogens (tertiary/aromatic N) is 6. The highest BCUT2D eigenvalue weighted by molar-refractivity contribution is 5.97. The molecule has 9 aromatic carbocycles. The summed E-state index contributed by atoms with van der Waals surface area (Å²) in [5, 5.41) is 2.42. The van der Waals surface area contributed by atoms with Crippen LogP contribution < -0.4 is 0 Å². The molecule has 2 heterocycles. The van der Waals surface area contributed by atoms with Crippen LogP contribution in [0.5, 0.6) is 0 Å². The van der Waals surface area contributed by atoms with Gasteiger partial charge < -0.3 is 0 Å². The molecule has 0 saturated heterocycles. The molecule has 2 aromatic heterocycles. The summed E-state index contributed by atoms with van der Waals surface area (Å²) >= 11 is 0. The third-order valence-electron chi connectivity index (χ3n) is 13.1. The molecule has 14 rings (SSSR count). The van der Waals surface area contributed by atoms with Crippen molar-refractivity contribution in [3.8, 4) is 79.5 Å². The van der Waals surface area contributed by atoms with Gasteiger partial charge in [-0.1, -0.05) is 200 Å². The van der Waals surface area contributed by atoms with Crippen molar-refractivity contribution in [2.24, 2.45) is 0 Å². The van der Waals surface area contributed by atoms with Crippen molar-refractivity contribution in [3.05, 3.63) is 252 Å². The van der Waals surface area contributed by atoms with E-state index in [9.17, 15) is 0 Å². The number of fused-ring (bicyclic) bond motifs is 1. The van der Waals surface area contributed by atoms with E-state index in [4.69, 9.17) is 29.9 Å². The van der Waals surface area contributed by atoms with Crippen molar-refractivity contribution in [2.45, 2.75) is 11.8 Å². The van der Waals surface area contributed by atoms with Crippen LogP contribution in [0.4, 0.5) is 0 Å². The predicted molar refractivity (Wildman–Crippen MR) is 264 cm³/mol. The Hall–Kier alpha value is -8.74. The van der Waals surface area contributed by atoms with Crippen molar-refractivity contribution in [3.63, 3.8) is 0 Å². The average molecular weight is 843 g/mol. The Kier molecular flexibility index (Phi) is 8.88. The number of aromatic nitrogens is 6. The molecule has 0 aliphatic heterocycles. The van der Waals surface area contributed by atoms with E-state index < -0.39 is 0 Å². The van der Waals surface area contributed by atoms with Gasteiger partial charge in [0.2, 0.25) is 0 Å². The van der Waals surface area contributed by atoms with Crippen LogP contribution in [0.3, 0.4) is 0 Å². The van der Waals surface area contributed by atoms with Gasteiger partial charge in [0, 0.05) is 45.2 Å². The van der Waals surface area contributed by atoms with Gasteiger partial charge in [-0.3, -0.25) is 0 Å². The molecule has 6 heteroatoms. The second kappa shape index (κ2) is 15.5. The minimum absolute atomic E-state index is 0.0237. The first-order chi connectivity index (χ1) is 32.7. The molecule has 0 radical (unpaired) electrons. The lowest BCUT2D eigenvalue weighted by atomic mass is 9.61. The monoisotopic (exact) mass is 842 g/mol. The van der Waals surface area contributed by atoms with Gasteiger partial charge in [0.05, 0.1) is 0 Å². The van der Waals surface area contributed by atoms with E-state index in [-0.39, 0.29) is 11.8 Å². The third kappa shape index (κ3) is 6.41. The maximum atomic E-state index is 5.26. The molecule has 11 aromatic rings. The lowest BCUT2D eigenvalue weighted by Gasteiger charge is -2.42. The van der Waals surface area contributed by atoms with E-state index in [0.29, 0.717) is 34.9 Å². The Balaban J connectivity index is 0.928. The highest BCUT2D eigenvalue weighted by Gasteiger charge is 2.41. The summed E-state index contributed by atoms with van der Waals surface area (Å²) in [6, 6.07) is 76.5. The van der Waals surface area contributed by atoms with Crippen LogP contribution in [-0.2, 0) is 0 Å². The SMILES string of the molecule is c1ccc(-c2nc(-c3ccccc3)nc(-c3ccc4c(c3)C3c5ccccc5C4c4cc(-c5nc(-c6ccccc6)nc(-c6cccc(-c7cccc8ccccc78)c6)n5)ccc43)n2)cc1. The van der Waals surface area contributed by atoms with Crippen molar-refractivity contribution >= 4 is 10.8 Å². The van der Waals surface area contributed by atoms with Crippen molar-refractivity contribution in [2.75, 3.05) is 0 Å². The standard InChI is InChI=1S/C60H38N6/c1-4-17-38(18-5-1)55-61-56(39-19-6-2-7-20-39)64-59(63-55)43-30-32-49-51(35-43)53-47-27-12-13-28-48(47)54(49)52-36-44(31-33-50(52)53)60-65-57(40-21-8-3-9-22-40)62-58(66-60)42-25-14-24-41(34-42)46-29-15-23-37-16-10-11-26-45(37)46/h1-36,53-54H. The van der Waals surface area contributed by atoms with Gasteiger partial charge in [0.25, 0.3) is 0 Å². The Morgan fingerprint density at radius 1 is 0.227 bits per heavy atom. The second-order valence-corrected chi connectivity index (χ2v) is 17.0. The summed E-state index contributed by atoms with van der Waals surface area (Å²) in [5.41, 5.74) is 15.8. The number of rotatable bonds is 7. The van der Waals surface area contributed by atoms with Crippen LogP contribution in [0, 0.1) is 0 Å². The predicted octanol–water partition coefficient (Wildman–Crippen LogP) is 13.9. The summed E-state index contributed by atoms with van der Waals surface area (Å²) in [6.45, 7) is 0. The van der Waals surface area contributed by atoms with Crippen LogP contribution in [0.1, 0.15) is 45.2 Å². The van der Waals surface area contributed by atoms with E-state index in [2.05, 4.69) is 140 Å². The lowest BCUT2D eigenvalue weighted by Crippen LogP contribution is -2.27. The maximum absolute atomic E-state index is 5.26. The Labute approximate surface area is 382 Å². The first-order valence-electron chi connectivity index (χ1n) is 22.3. The maximum Gasteiger partial charge on any atom is 0.164 e. The molecule has 3 aliphatic rings. The van der Waals surface area contributed by atoms with Crippen LogP contribution >= 0.6 is 0 Å². The molecule has 6 nitrogen and oxygen atoms in total. The lowest BCUT2D eigenvalue weighted by molar-refractivity contribution is 0.754. The summed E-state index contributed by atoms with van der Waals surface area (Å²) in [6.07, 6.45) is 0. The van der Waals surface area contributed by atoms with E-state index >= 15 is 0 Å². The molecular weight excluding hydrogens is 805 g/mol. The van der Waals surface area contributed by atoms with Crippen LogP contribution in [-0.4, -0.2) is 29.9 Å². The van der Waals surface area contributed by atoms with Crippen molar-refractivity contribution in [1.29, 1.82) is 0 Å². The minimum Gasteiger partial charge on any atom is -0.208 e. The van der Waals surface area contributed by atoms with E-state index in [1.165, 1.54) is 49.7 Å². The fraction of sp³-hybridized carbons (Fsp3) is 0.0333. The average Bonchev–Trinajstić information content (AvgIpc) is 3.40. The minimum atomic E-state index is 0.0237. The number of hydrogen-bond donors (Lipinski definition) is 0. The van der Waals surface area contributed by atoms with Crippen LogP contribution in [0.15, 0.2) is 218 Å². The molecule has 0 spiro atoms. The van der Waals surface area contributed by atoms with Gasteiger partial charge >= 0.3 is 0 Å². The van der Waals surface area contributed by atoms with Gasteiger partial charge in [-0.25, -0.2) is 29.9 Å². The normalized spacial score (nSPS) is 14.4. The zero-order valence-electron chi connectivity index (χ0n) is 35.6. The molecule has 0 amide bonds. The van der Waals surface area contributed by atoms with Gasteiger partial charge in [-0.15, -0.1) is 0 Å². The summed E-state index contributed by atoms with van der Waals surface area (Å²) in [5.74, 6) is 3.91. The molecule has 2 atom stereocenters. The highest BCUT2D eigenvalue weighted by Crippen LogP contribution is 2.56. The first-order valence-corrected chi connectivity index (χ1v) is 22.3. The number of benzene rings is 9.